The number of ether oxygens (including phenoxy) is 1. The van der Waals surface area contributed by atoms with Gasteiger partial charge in [0.05, 0.1) is 23.2 Å². The molecule has 2 aromatic carbocycles. The lowest BCUT2D eigenvalue weighted by Crippen LogP contribution is -2.50. The van der Waals surface area contributed by atoms with Crippen molar-refractivity contribution < 1.29 is 9.53 Å². The molecule has 1 saturated heterocycles. The van der Waals surface area contributed by atoms with Gasteiger partial charge in [-0.25, -0.2) is 4.79 Å². The molecular formula is C21H22Cl2N4O3. The molecule has 1 aromatic heterocycles. The maximum Gasteiger partial charge on any atom is 0.329 e. The lowest BCUT2D eigenvalue weighted by atomic mass is 10.2. The second-order valence-electron chi connectivity index (χ2n) is 7.25. The van der Waals surface area contributed by atoms with Gasteiger partial charge in [-0.1, -0.05) is 23.2 Å². The molecule has 3 aromatic rings. The van der Waals surface area contributed by atoms with Gasteiger partial charge in [0.15, 0.2) is 0 Å². The molecule has 1 aliphatic heterocycles. The number of halogens is 2. The number of carbonyl (C=O) groups excluding carboxylic acids is 1. The van der Waals surface area contributed by atoms with E-state index < -0.39 is 0 Å². The van der Waals surface area contributed by atoms with Crippen LogP contribution in [-0.2, 0) is 18.4 Å². The number of piperazine rings is 1. The second-order valence-corrected chi connectivity index (χ2v) is 8.09. The van der Waals surface area contributed by atoms with Crippen molar-refractivity contribution in [2.75, 3.05) is 38.2 Å². The van der Waals surface area contributed by atoms with Crippen molar-refractivity contribution >= 4 is 45.8 Å². The number of aryl methyl sites for hydroxylation is 1. The van der Waals surface area contributed by atoms with Crippen LogP contribution in [0.3, 0.4) is 0 Å². The van der Waals surface area contributed by atoms with Crippen LogP contribution in [0.15, 0.2) is 41.2 Å². The van der Waals surface area contributed by atoms with E-state index in [4.69, 9.17) is 27.9 Å². The third-order valence-corrected chi connectivity index (χ3v) is 6.08. The van der Waals surface area contributed by atoms with Crippen LogP contribution >= 0.6 is 23.2 Å². The van der Waals surface area contributed by atoms with Gasteiger partial charge in [-0.15, -0.1) is 0 Å². The maximum absolute atomic E-state index is 12.9. The summed E-state index contributed by atoms with van der Waals surface area (Å²) < 4.78 is 8.31. The van der Waals surface area contributed by atoms with Crippen LogP contribution in [0.25, 0.3) is 11.0 Å². The van der Waals surface area contributed by atoms with E-state index in [1.165, 1.54) is 9.13 Å². The Labute approximate surface area is 183 Å². The van der Waals surface area contributed by atoms with Crippen molar-refractivity contribution in [2.24, 2.45) is 7.05 Å². The summed E-state index contributed by atoms with van der Waals surface area (Å²) in [6, 6.07) is 10.9. The minimum atomic E-state index is -0.229. The molecule has 0 saturated carbocycles. The van der Waals surface area contributed by atoms with Crippen LogP contribution in [0.2, 0.25) is 10.0 Å². The first-order valence-electron chi connectivity index (χ1n) is 9.60. The Bertz CT molecular complexity index is 1160. The van der Waals surface area contributed by atoms with Crippen molar-refractivity contribution in [3.63, 3.8) is 0 Å². The molecule has 0 spiro atoms. The molecule has 4 rings (SSSR count). The van der Waals surface area contributed by atoms with Gasteiger partial charge in [0, 0.05) is 50.0 Å². The fraction of sp³-hybridized carbons (Fsp3) is 0.333. The second kappa shape index (κ2) is 8.24. The van der Waals surface area contributed by atoms with Gasteiger partial charge in [0.25, 0.3) is 0 Å². The quantitative estimate of drug-likeness (QED) is 0.615. The topological polar surface area (TPSA) is 59.7 Å². The first-order valence-corrected chi connectivity index (χ1v) is 10.4. The minimum absolute atomic E-state index is 0.00652. The number of rotatable bonds is 4. The number of anilines is 1. The SMILES string of the molecule is COc1cc(N2CCN(C(=O)Cn3c(=O)n(C)c4cc(Cl)ccc43)CC2)ccc1Cl. The zero-order chi connectivity index (χ0) is 21.4. The van der Waals surface area contributed by atoms with Gasteiger partial charge in [-0.3, -0.25) is 13.9 Å². The zero-order valence-corrected chi connectivity index (χ0v) is 18.3. The van der Waals surface area contributed by atoms with Gasteiger partial charge >= 0.3 is 5.69 Å². The van der Waals surface area contributed by atoms with Crippen LogP contribution in [0.1, 0.15) is 0 Å². The van der Waals surface area contributed by atoms with E-state index in [0.717, 1.165) is 5.69 Å². The molecule has 0 bridgehead atoms. The fourth-order valence-electron chi connectivity index (χ4n) is 3.83. The summed E-state index contributed by atoms with van der Waals surface area (Å²) in [4.78, 5) is 29.5. The summed E-state index contributed by atoms with van der Waals surface area (Å²) in [7, 11) is 3.27. The van der Waals surface area contributed by atoms with E-state index in [9.17, 15) is 9.59 Å². The molecule has 7 nitrogen and oxygen atoms in total. The molecule has 30 heavy (non-hydrogen) atoms. The number of aromatic nitrogens is 2. The van der Waals surface area contributed by atoms with Crippen molar-refractivity contribution in [3.05, 3.63) is 56.9 Å². The standard InChI is InChI=1S/C21H22Cl2N4O3/c1-24-18-11-14(22)3-6-17(18)27(21(24)29)13-20(28)26-9-7-25(8-10-26)15-4-5-16(23)19(12-15)30-2/h3-6,11-12H,7-10,13H2,1-2H3. The Morgan fingerprint density at radius 3 is 2.47 bits per heavy atom. The van der Waals surface area contributed by atoms with E-state index in [2.05, 4.69) is 4.90 Å². The van der Waals surface area contributed by atoms with Crippen molar-refractivity contribution in [2.45, 2.75) is 6.54 Å². The summed E-state index contributed by atoms with van der Waals surface area (Å²) in [5.74, 6) is 0.552. The highest BCUT2D eigenvalue weighted by molar-refractivity contribution is 6.32. The van der Waals surface area contributed by atoms with Crippen LogP contribution in [0, 0.1) is 0 Å². The lowest BCUT2D eigenvalue weighted by Gasteiger charge is -2.36. The van der Waals surface area contributed by atoms with Crippen LogP contribution in [-0.4, -0.2) is 53.2 Å². The molecular weight excluding hydrogens is 427 g/mol. The lowest BCUT2D eigenvalue weighted by molar-refractivity contribution is -0.132. The van der Waals surface area contributed by atoms with E-state index >= 15 is 0 Å². The number of fused-ring (bicyclic) bond motifs is 1. The monoisotopic (exact) mass is 448 g/mol. The Morgan fingerprint density at radius 2 is 1.77 bits per heavy atom. The molecule has 0 aliphatic carbocycles. The Hall–Kier alpha value is -2.64. The predicted molar refractivity (Wildman–Crippen MR) is 119 cm³/mol. The molecule has 1 fully saturated rings. The third kappa shape index (κ3) is 3.75. The molecule has 2 heterocycles. The van der Waals surface area contributed by atoms with E-state index in [-0.39, 0.29) is 18.1 Å². The molecule has 0 atom stereocenters. The summed E-state index contributed by atoms with van der Waals surface area (Å²) >= 11 is 12.2. The molecule has 1 aliphatic rings. The first-order chi connectivity index (χ1) is 14.4. The van der Waals surface area contributed by atoms with Crippen molar-refractivity contribution in [1.82, 2.24) is 14.0 Å². The molecule has 9 heteroatoms. The number of carbonyl (C=O) groups is 1. The highest BCUT2D eigenvalue weighted by Crippen LogP contribution is 2.29. The number of imidazole rings is 1. The van der Waals surface area contributed by atoms with Crippen LogP contribution in [0.5, 0.6) is 5.75 Å². The number of benzene rings is 2. The highest BCUT2D eigenvalue weighted by atomic mass is 35.5. The Kier molecular flexibility index (Phi) is 5.66. The van der Waals surface area contributed by atoms with E-state index in [1.54, 1.807) is 37.3 Å². The van der Waals surface area contributed by atoms with Crippen LogP contribution in [0.4, 0.5) is 5.69 Å². The number of hydrogen-bond acceptors (Lipinski definition) is 4. The van der Waals surface area contributed by atoms with Crippen LogP contribution < -0.4 is 15.3 Å². The van der Waals surface area contributed by atoms with Gasteiger partial charge in [0.1, 0.15) is 12.3 Å². The molecule has 0 radical (unpaired) electrons. The number of amides is 1. The van der Waals surface area contributed by atoms with Gasteiger partial charge in [-0.2, -0.15) is 0 Å². The smallest absolute Gasteiger partial charge is 0.329 e. The zero-order valence-electron chi connectivity index (χ0n) is 16.8. The summed E-state index contributed by atoms with van der Waals surface area (Å²) in [5.41, 5.74) is 2.19. The highest BCUT2D eigenvalue weighted by Gasteiger charge is 2.23. The third-order valence-electron chi connectivity index (χ3n) is 5.53. The summed E-state index contributed by atoms with van der Waals surface area (Å²) in [5, 5.41) is 1.12. The van der Waals surface area contributed by atoms with E-state index in [0.29, 0.717) is 53.0 Å². The average Bonchev–Trinajstić information content (AvgIpc) is 2.98. The Morgan fingerprint density at radius 1 is 1.03 bits per heavy atom. The summed E-state index contributed by atoms with van der Waals surface area (Å²) in [6.07, 6.45) is 0. The first kappa shape index (κ1) is 20.6. The molecule has 158 valence electrons. The molecule has 0 unspecified atom stereocenters. The van der Waals surface area contributed by atoms with E-state index in [1.807, 2.05) is 18.2 Å². The molecule has 0 N–H and O–H groups in total. The van der Waals surface area contributed by atoms with Crippen molar-refractivity contribution in [3.8, 4) is 5.75 Å². The Balaban J connectivity index is 1.46. The number of methoxy groups -OCH3 is 1. The van der Waals surface area contributed by atoms with Gasteiger partial charge < -0.3 is 14.5 Å². The molecule has 1 amide bonds. The maximum atomic E-state index is 12.9. The van der Waals surface area contributed by atoms with Gasteiger partial charge in [-0.05, 0) is 30.3 Å². The number of hydrogen-bond donors (Lipinski definition) is 0. The van der Waals surface area contributed by atoms with Gasteiger partial charge in [0.2, 0.25) is 5.91 Å². The number of nitrogens with zero attached hydrogens (tertiary/aromatic N) is 4. The fourth-order valence-corrected chi connectivity index (χ4v) is 4.19. The minimum Gasteiger partial charge on any atom is -0.495 e. The largest absolute Gasteiger partial charge is 0.495 e. The normalized spacial score (nSPS) is 14.4. The summed E-state index contributed by atoms with van der Waals surface area (Å²) in [6.45, 7) is 2.55. The average molecular weight is 449 g/mol. The predicted octanol–water partition coefficient (Wildman–Crippen LogP) is 3.00. The van der Waals surface area contributed by atoms with Crippen molar-refractivity contribution in [1.29, 1.82) is 0 Å².